The fourth-order valence-electron chi connectivity index (χ4n) is 7.82. The van der Waals surface area contributed by atoms with Crippen molar-refractivity contribution in [1.29, 1.82) is 0 Å². The number of carbonyl (C=O) groups is 2. The summed E-state index contributed by atoms with van der Waals surface area (Å²) in [6, 6.07) is 17.7. The molecule has 6 nitrogen and oxygen atoms in total. The number of rotatable bonds is 3. The number of alkyl halides is 3. The second-order valence-electron chi connectivity index (χ2n) is 12.1. The van der Waals surface area contributed by atoms with Crippen LogP contribution in [0.25, 0.3) is 0 Å². The third kappa shape index (κ3) is 6.48. The van der Waals surface area contributed by atoms with Crippen LogP contribution in [0.5, 0.6) is 0 Å². The van der Waals surface area contributed by atoms with Crippen LogP contribution in [0, 0.1) is 11.8 Å². The normalized spacial score (nSPS) is 28.1. The monoisotopic (exact) mass is 606 g/mol. The Balaban J connectivity index is 0.000000451. The number of carbonyl (C=O) groups excluding carboxylic acids is 2. The van der Waals surface area contributed by atoms with Crippen molar-refractivity contribution in [1.82, 2.24) is 4.90 Å². The van der Waals surface area contributed by atoms with Gasteiger partial charge < -0.3 is 24.9 Å². The molecule has 228 valence electrons. The molecule has 2 N–H and O–H groups in total. The summed E-state index contributed by atoms with van der Waals surface area (Å²) < 4.78 is 37.3. The first-order valence-electron chi connectivity index (χ1n) is 14.9. The number of quaternary nitrogens is 1. The summed E-state index contributed by atoms with van der Waals surface area (Å²) in [7, 11) is 0. The van der Waals surface area contributed by atoms with Crippen LogP contribution in [0.4, 0.5) is 13.2 Å². The number of carboxylic acid groups (broad SMARTS) is 1. The number of benzene rings is 2. The standard InChI is InChI=1S/C30H37ClN2O2.C2HF3O2/c31-25-8-9-26-24(17-25)7-4-13-30(26)20-32-19-27(30)29(34)33-14-10-23(21-5-2-1-3-6-21)18-28(33)22-11-15-35-16-12-22;3-2(4,5)1(6)7/h1-3,5-6,8-9,17,22-23,27-28,32H,4,7,10-16,18-20H2;(H,6,7)/t23-,27+,28+,30+;/m1./s1. The zero-order valence-corrected chi connectivity index (χ0v) is 24.3. The minimum atomic E-state index is -5.19. The number of hydrogen-bond acceptors (Lipinski definition) is 4. The minimum absolute atomic E-state index is 0.0498. The summed E-state index contributed by atoms with van der Waals surface area (Å²) in [5.41, 5.74) is 4.13. The molecule has 10 heteroatoms. The first-order valence-corrected chi connectivity index (χ1v) is 15.3. The van der Waals surface area contributed by atoms with Crippen molar-refractivity contribution in [3.8, 4) is 0 Å². The Morgan fingerprint density at radius 1 is 1.07 bits per heavy atom. The highest BCUT2D eigenvalue weighted by Gasteiger charge is 2.55. The van der Waals surface area contributed by atoms with Crippen LogP contribution in [0.1, 0.15) is 61.1 Å². The summed E-state index contributed by atoms with van der Waals surface area (Å²) in [4.78, 5) is 25.6. The average Bonchev–Trinajstić information content (AvgIpc) is 3.41. The number of nitrogens with zero attached hydrogens (tertiary/aromatic N) is 1. The zero-order valence-electron chi connectivity index (χ0n) is 23.6. The molecule has 3 fully saturated rings. The summed E-state index contributed by atoms with van der Waals surface area (Å²) in [6.07, 6.45) is 2.41. The Hall–Kier alpha value is -2.62. The molecule has 3 aliphatic heterocycles. The first kappa shape index (κ1) is 30.8. The number of fused-ring (bicyclic) bond motifs is 2. The second kappa shape index (κ2) is 12.9. The van der Waals surface area contributed by atoms with Gasteiger partial charge in [-0.25, -0.2) is 0 Å². The number of likely N-dealkylation sites (tertiary alicyclic amines) is 1. The molecule has 0 bridgehead atoms. The molecule has 2 aromatic carbocycles. The van der Waals surface area contributed by atoms with Crippen LogP contribution in [0.3, 0.4) is 0 Å². The predicted molar refractivity (Wildman–Crippen MR) is 150 cm³/mol. The smallest absolute Gasteiger partial charge is 0.430 e. The number of aryl methyl sites for hydroxylation is 1. The number of hydrogen-bond donors (Lipinski definition) is 1. The maximum absolute atomic E-state index is 14.5. The lowest BCUT2D eigenvalue weighted by molar-refractivity contribution is -0.640. The summed E-state index contributed by atoms with van der Waals surface area (Å²) >= 11 is 6.37. The van der Waals surface area contributed by atoms with Gasteiger partial charge in [-0.1, -0.05) is 48.0 Å². The Morgan fingerprint density at radius 2 is 1.79 bits per heavy atom. The second-order valence-corrected chi connectivity index (χ2v) is 12.5. The molecule has 3 saturated heterocycles. The number of aliphatic carboxylic acids is 1. The van der Waals surface area contributed by atoms with Crippen molar-refractivity contribution in [3.05, 3.63) is 70.2 Å². The van der Waals surface area contributed by atoms with Crippen LogP contribution in [-0.2, 0) is 26.2 Å². The van der Waals surface area contributed by atoms with E-state index in [1.807, 2.05) is 6.07 Å². The van der Waals surface area contributed by atoms with Crippen LogP contribution in [0.15, 0.2) is 48.5 Å². The van der Waals surface area contributed by atoms with Gasteiger partial charge in [-0.15, -0.1) is 0 Å². The van der Waals surface area contributed by atoms with Crippen LogP contribution < -0.4 is 10.4 Å². The molecule has 1 spiro atoms. The molecule has 2 aromatic rings. The summed E-state index contributed by atoms with van der Waals surface area (Å²) in [5, 5.41) is 12.0. The van der Waals surface area contributed by atoms with Crippen LogP contribution >= 0.6 is 11.6 Å². The van der Waals surface area contributed by atoms with E-state index in [-0.39, 0.29) is 11.3 Å². The molecular weight excluding hydrogens is 569 g/mol. The van der Waals surface area contributed by atoms with E-state index < -0.39 is 12.1 Å². The lowest BCUT2D eigenvalue weighted by Crippen LogP contribution is -2.82. The lowest BCUT2D eigenvalue weighted by Gasteiger charge is -2.47. The van der Waals surface area contributed by atoms with Crippen molar-refractivity contribution in [3.63, 3.8) is 0 Å². The quantitative estimate of drug-likeness (QED) is 0.579. The molecular formula is C32H38ClF3N2O4. The maximum Gasteiger partial charge on any atom is 0.430 e. The molecule has 0 aromatic heterocycles. The van der Waals surface area contributed by atoms with Gasteiger partial charge in [0.2, 0.25) is 5.91 Å². The topological polar surface area (TPSA) is 86.3 Å². The van der Waals surface area contributed by atoms with E-state index in [0.29, 0.717) is 23.8 Å². The van der Waals surface area contributed by atoms with Crippen molar-refractivity contribution in [2.75, 3.05) is 32.8 Å². The van der Waals surface area contributed by atoms with Gasteiger partial charge >= 0.3 is 6.18 Å². The molecule has 3 heterocycles. The number of ether oxygens (including phenoxy) is 1. The van der Waals surface area contributed by atoms with E-state index in [1.165, 1.54) is 16.7 Å². The van der Waals surface area contributed by atoms with Gasteiger partial charge in [0.25, 0.3) is 0 Å². The minimum Gasteiger partial charge on any atom is -0.542 e. The number of piperidine rings is 1. The van der Waals surface area contributed by atoms with Crippen molar-refractivity contribution in [2.24, 2.45) is 11.8 Å². The highest BCUT2D eigenvalue weighted by Crippen LogP contribution is 2.46. The lowest BCUT2D eigenvalue weighted by atomic mass is 9.64. The van der Waals surface area contributed by atoms with Gasteiger partial charge in [-0.05, 0) is 85.6 Å². The number of nitrogens with two attached hydrogens (primary N) is 1. The van der Waals surface area contributed by atoms with Crippen LogP contribution in [0.2, 0.25) is 5.02 Å². The van der Waals surface area contributed by atoms with E-state index in [9.17, 15) is 18.0 Å². The van der Waals surface area contributed by atoms with E-state index in [1.54, 1.807) is 0 Å². The molecule has 4 aliphatic rings. The van der Waals surface area contributed by atoms with E-state index in [4.69, 9.17) is 26.2 Å². The highest BCUT2D eigenvalue weighted by atomic mass is 35.5. The molecule has 0 saturated carbocycles. The highest BCUT2D eigenvalue weighted by molar-refractivity contribution is 6.30. The SMILES string of the molecule is O=C([C@@H]1C[NH2+]C[C@]12CCCc1cc(Cl)ccc12)N1CC[C@@H](c2ccccc2)C[C@H]1C1CCOCC1.O=C([O-])C(F)(F)F. The molecule has 0 unspecified atom stereocenters. The van der Waals surface area contributed by atoms with Gasteiger partial charge in [0, 0.05) is 30.8 Å². The molecule has 1 aliphatic carbocycles. The summed E-state index contributed by atoms with van der Waals surface area (Å²) in [6.45, 7) is 4.45. The van der Waals surface area contributed by atoms with Gasteiger partial charge in [0.1, 0.15) is 11.9 Å². The van der Waals surface area contributed by atoms with Gasteiger partial charge in [-0.3, -0.25) is 4.79 Å². The maximum atomic E-state index is 14.5. The molecule has 1 amide bonds. The zero-order chi connectivity index (χ0) is 29.9. The average molecular weight is 607 g/mol. The van der Waals surface area contributed by atoms with E-state index >= 15 is 0 Å². The Bertz CT molecular complexity index is 1250. The van der Waals surface area contributed by atoms with Crippen LogP contribution in [-0.4, -0.2) is 61.8 Å². The van der Waals surface area contributed by atoms with Gasteiger partial charge in [0.15, 0.2) is 0 Å². The largest absolute Gasteiger partial charge is 0.542 e. The van der Waals surface area contributed by atoms with Crippen molar-refractivity contribution < 1.29 is 37.9 Å². The number of carboxylic acids is 1. The third-order valence-corrected chi connectivity index (χ3v) is 10.0. The van der Waals surface area contributed by atoms with Crippen molar-refractivity contribution in [2.45, 2.75) is 68.5 Å². The molecule has 0 radical (unpaired) electrons. The van der Waals surface area contributed by atoms with E-state index in [2.05, 4.69) is 52.7 Å². The van der Waals surface area contributed by atoms with Gasteiger partial charge in [-0.2, -0.15) is 13.2 Å². The molecule has 42 heavy (non-hydrogen) atoms. The van der Waals surface area contributed by atoms with E-state index in [0.717, 1.165) is 82.8 Å². The number of amides is 1. The molecule has 4 atom stereocenters. The third-order valence-electron chi connectivity index (χ3n) is 9.79. The fourth-order valence-corrected chi connectivity index (χ4v) is 8.01. The first-order chi connectivity index (χ1) is 20.1. The Morgan fingerprint density at radius 3 is 2.48 bits per heavy atom. The number of halogens is 4. The Labute approximate surface area is 249 Å². The summed E-state index contributed by atoms with van der Waals surface area (Å²) in [5.74, 6) is -1.47. The fraction of sp³-hybridized carbons (Fsp3) is 0.562. The van der Waals surface area contributed by atoms with Crippen molar-refractivity contribution >= 4 is 23.5 Å². The Kier molecular flexibility index (Phi) is 9.50. The predicted octanol–water partition coefficient (Wildman–Crippen LogP) is 3.61. The van der Waals surface area contributed by atoms with Gasteiger partial charge in [0.05, 0.1) is 18.5 Å². The molecule has 6 rings (SSSR count).